The second-order valence-corrected chi connectivity index (χ2v) is 5.98. The summed E-state index contributed by atoms with van der Waals surface area (Å²) in [6.45, 7) is 2.02. The molecule has 1 heterocycles. The summed E-state index contributed by atoms with van der Waals surface area (Å²) in [4.78, 5) is 0. The van der Waals surface area contributed by atoms with Crippen LogP contribution >= 0.6 is 23.5 Å². The third-order valence-electron chi connectivity index (χ3n) is 1.72. The third kappa shape index (κ3) is 2.08. The Hall–Kier alpha value is 0.220. The summed E-state index contributed by atoms with van der Waals surface area (Å²) in [6, 6.07) is 0. The van der Waals surface area contributed by atoms with Crippen molar-refractivity contribution in [2.24, 2.45) is 0 Å². The van der Waals surface area contributed by atoms with Crippen LogP contribution in [0.2, 0.25) is 0 Å². The van der Waals surface area contributed by atoms with Crippen LogP contribution in [0.25, 0.3) is 0 Å². The molecule has 1 rings (SSSR count). The van der Waals surface area contributed by atoms with Gasteiger partial charge >= 0.3 is 0 Å². The van der Waals surface area contributed by atoms with Crippen LogP contribution < -0.4 is 0 Å². The average Bonchev–Trinajstić information content (AvgIpc) is 2.04. The van der Waals surface area contributed by atoms with Crippen LogP contribution in [0.15, 0.2) is 0 Å². The molecule has 0 aromatic carbocycles. The van der Waals surface area contributed by atoms with E-state index in [2.05, 4.69) is 5.92 Å². The predicted octanol–water partition coefficient (Wildman–Crippen LogP) is 1.57. The van der Waals surface area contributed by atoms with Gasteiger partial charge in [-0.15, -0.1) is 29.9 Å². The normalized spacial score (nSPS) is 25.5. The first kappa shape index (κ1) is 9.31. The fourth-order valence-corrected chi connectivity index (χ4v) is 3.82. The molecule has 0 aromatic rings. The highest BCUT2D eigenvalue weighted by molar-refractivity contribution is 8.18. The molecule has 1 nitrogen and oxygen atoms in total. The maximum atomic E-state index is 9.46. The van der Waals surface area contributed by atoms with Crippen molar-refractivity contribution in [3.05, 3.63) is 0 Å². The van der Waals surface area contributed by atoms with Gasteiger partial charge in [-0.25, -0.2) is 0 Å². The molecule has 11 heavy (non-hydrogen) atoms. The zero-order valence-corrected chi connectivity index (χ0v) is 8.17. The van der Waals surface area contributed by atoms with Crippen LogP contribution in [0, 0.1) is 12.3 Å². The van der Waals surface area contributed by atoms with Crippen LogP contribution in [0.3, 0.4) is 0 Å². The molecule has 1 atom stereocenters. The monoisotopic (exact) mass is 188 g/mol. The minimum Gasteiger partial charge on any atom is -0.378 e. The average molecular weight is 188 g/mol. The Labute approximate surface area is 76.3 Å². The Morgan fingerprint density at radius 3 is 2.55 bits per heavy atom. The molecule has 0 bridgehead atoms. The van der Waals surface area contributed by atoms with Gasteiger partial charge in [0.1, 0.15) is 6.10 Å². The van der Waals surface area contributed by atoms with Gasteiger partial charge in [0.15, 0.2) is 0 Å². The summed E-state index contributed by atoms with van der Waals surface area (Å²) in [5, 5.41) is 9.46. The van der Waals surface area contributed by atoms with E-state index in [4.69, 9.17) is 6.42 Å². The number of hydrogen-bond acceptors (Lipinski definition) is 3. The molecular formula is C8H12OS2. The maximum Gasteiger partial charge on any atom is 0.137 e. The Morgan fingerprint density at radius 2 is 2.09 bits per heavy atom. The van der Waals surface area contributed by atoms with E-state index in [9.17, 15) is 5.11 Å². The van der Waals surface area contributed by atoms with E-state index in [0.29, 0.717) is 0 Å². The molecule has 1 fully saturated rings. The molecule has 0 amide bonds. The van der Waals surface area contributed by atoms with E-state index >= 15 is 0 Å². The van der Waals surface area contributed by atoms with Crippen molar-refractivity contribution in [1.82, 2.24) is 0 Å². The van der Waals surface area contributed by atoms with Crippen LogP contribution in [0.5, 0.6) is 0 Å². The van der Waals surface area contributed by atoms with Crippen LogP contribution in [-0.4, -0.2) is 26.8 Å². The molecule has 0 aromatic heterocycles. The van der Waals surface area contributed by atoms with Crippen molar-refractivity contribution in [3.63, 3.8) is 0 Å². The summed E-state index contributed by atoms with van der Waals surface area (Å²) >= 11 is 3.54. The van der Waals surface area contributed by atoms with Gasteiger partial charge in [-0.3, -0.25) is 0 Å². The van der Waals surface area contributed by atoms with Crippen molar-refractivity contribution < 1.29 is 5.11 Å². The minimum atomic E-state index is -0.613. The molecular weight excluding hydrogens is 176 g/mol. The van der Waals surface area contributed by atoms with Gasteiger partial charge in [0.05, 0.1) is 4.08 Å². The standard InChI is InChI=1S/C8H12OS2/c1-3-7(9)8(2)10-5-4-6-11-8/h1,7,9H,4-6H2,2H3. The van der Waals surface area contributed by atoms with Gasteiger partial charge in [0, 0.05) is 0 Å². The smallest absolute Gasteiger partial charge is 0.137 e. The molecule has 1 N–H and O–H groups in total. The molecule has 62 valence electrons. The number of aliphatic hydroxyl groups is 1. The molecule has 1 saturated heterocycles. The molecule has 0 spiro atoms. The van der Waals surface area contributed by atoms with Gasteiger partial charge < -0.3 is 5.11 Å². The van der Waals surface area contributed by atoms with E-state index in [1.165, 1.54) is 6.42 Å². The van der Waals surface area contributed by atoms with Crippen molar-refractivity contribution in [3.8, 4) is 12.3 Å². The van der Waals surface area contributed by atoms with E-state index < -0.39 is 6.10 Å². The maximum absolute atomic E-state index is 9.46. The van der Waals surface area contributed by atoms with E-state index in [1.54, 1.807) is 23.5 Å². The number of aliphatic hydroxyl groups excluding tert-OH is 1. The predicted molar refractivity (Wildman–Crippen MR) is 52.8 cm³/mol. The van der Waals surface area contributed by atoms with Gasteiger partial charge in [-0.05, 0) is 24.9 Å². The first-order valence-electron chi connectivity index (χ1n) is 3.61. The SMILES string of the molecule is C#CC(O)C1(C)SCCCS1. The van der Waals surface area contributed by atoms with E-state index in [-0.39, 0.29) is 4.08 Å². The molecule has 0 radical (unpaired) electrons. The summed E-state index contributed by atoms with van der Waals surface area (Å²) in [6.07, 6.45) is 5.77. The summed E-state index contributed by atoms with van der Waals surface area (Å²) in [7, 11) is 0. The number of thioether (sulfide) groups is 2. The molecule has 1 aliphatic rings. The van der Waals surface area contributed by atoms with Gasteiger partial charge in [0.25, 0.3) is 0 Å². The Kier molecular flexibility index (Phi) is 3.17. The quantitative estimate of drug-likeness (QED) is 0.631. The largest absolute Gasteiger partial charge is 0.378 e. The topological polar surface area (TPSA) is 20.2 Å². The second-order valence-electron chi connectivity index (χ2n) is 2.64. The van der Waals surface area contributed by atoms with Crippen molar-refractivity contribution in [1.29, 1.82) is 0 Å². The zero-order valence-electron chi connectivity index (χ0n) is 6.54. The van der Waals surface area contributed by atoms with E-state index in [0.717, 1.165) is 11.5 Å². The van der Waals surface area contributed by atoms with Crippen LogP contribution in [0.4, 0.5) is 0 Å². The van der Waals surface area contributed by atoms with Crippen LogP contribution in [-0.2, 0) is 0 Å². The molecule has 1 aliphatic heterocycles. The lowest BCUT2D eigenvalue weighted by molar-refractivity contribution is 0.224. The Morgan fingerprint density at radius 1 is 1.55 bits per heavy atom. The molecule has 0 saturated carbocycles. The number of terminal acetylenes is 1. The summed E-state index contributed by atoms with van der Waals surface area (Å²) in [5.41, 5.74) is 0. The highest BCUT2D eigenvalue weighted by Gasteiger charge is 2.34. The highest BCUT2D eigenvalue weighted by Crippen LogP contribution is 2.43. The lowest BCUT2D eigenvalue weighted by atomic mass is 10.3. The zero-order chi connectivity index (χ0) is 8.32. The summed E-state index contributed by atoms with van der Waals surface area (Å²) < 4.78 is -0.160. The number of rotatable bonds is 1. The van der Waals surface area contributed by atoms with Gasteiger partial charge in [-0.1, -0.05) is 5.92 Å². The van der Waals surface area contributed by atoms with Crippen molar-refractivity contribution in [2.45, 2.75) is 23.5 Å². The molecule has 0 aliphatic carbocycles. The third-order valence-corrected chi connectivity index (χ3v) is 5.01. The molecule has 1 unspecified atom stereocenters. The van der Waals surface area contributed by atoms with Gasteiger partial charge in [-0.2, -0.15) is 0 Å². The summed E-state index contributed by atoms with van der Waals surface area (Å²) in [5.74, 6) is 4.62. The first-order valence-corrected chi connectivity index (χ1v) is 5.58. The van der Waals surface area contributed by atoms with Crippen molar-refractivity contribution in [2.75, 3.05) is 11.5 Å². The van der Waals surface area contributed by atoms with Crippen molar-refractivity contribution >= 4 is 23.5 Å². The van der Waals surface area contributed by atoms with Crippen LogP contribution in [0.1, 0.15) is 13.3 Å². The second kappa shape index (κ2) is 3.75. The Bertz CT molecular complexity index is 167. The minimum absolute atomic E-state index is 0.160. The fourth-order valence-electron chi connectivity index (χ4n) is 0.959. The first-order chi connectivity index (χ1) is 5.19. The fraction of sp³-hybridized carbons (Fsp3) is 0.750. The van der Waals surface area contributed by atoms with E-state index in [1.807, 2.05) is 6.92 Å². The highest BCUT2D eigenvalue weighted by atomic mass is 32.2. The lowest BCUT2D eigenvalue weighted by Gasteiger charge is -2.33. The number of hydrogen-bond donors (Lipinski definition) is 1. The van der Waals surface area contributed by atoms with Gasteiger partial charge in [0.2, 0.25) is 0 Å². The Balaban J connectivity index is 2.57. The molecule has 3 heteroatoms. The lowest BCUT2D eigenvalue weighted by Crippen LogP contribution is -2.34.